The van der Waals surface area contributed by atoms with Crippen molar-refractivity contribution in [3.63, 3.8) is 0 Å². The summed E-state index contributed by atoms with van der Waals surface area (Å²) in [6.45, 7) is 13.5. The Bertz CT molecular complexity index is 425. The third-order valence-electron chi connectivity index (χ3n) is 4.25. The van der Waals surface area contributed by atoms with Crippen molar-refractivity contribution >= 4 is 0 Å². The van der Waals surface area contributed by atoms with Crippen molar-refractivity contribution in [3.05, 3.63) is 23.3 Å². The summed E-state index contributed by atoms with van der Waals surface area (Å²) in [5.74, 6) is 1.68. The van der Waals surface area contributed by atoms with E-state index in [9.17, 15) is 0 Å². The third-order valence-corrected chi connectivity index (χ3v) is 4.25. The lowest BCUT2D eigenvalue weighted by Crippen LogP contribution is -2.23. The van der Waals surface area contributed by atoms with E-state index in [0.29, 0.717) is 5.92 Å². The maximum atomic E-state index is 4.93. The zero-order valence-electron chi connectivity index (χ0n) is 14.1. The van der Waals surface area contributed by atoms with Gasteiger partial charge in [-0.3, -0.25) is 0 Å². The molecule has 0 aliphatic heterocycles. The zero-order chi connectivity index (χ0) is 15.0. The molecule has 0 radical (unpaired) electrons. The van der Waals surface area contributed by atoms with Crippen molar-refractivity contribution in [3.8, 4) is 0 Å². The average Bonchev–Trinajstić information content (AvgIpc) is 2.37. The lowest BCUT2D eigenvalue weighted by molar-refractivity contribution is 0.419. The van der Waals surface area contributed by atoms with Gasteiger partial charge in [0.2, 0.25) is 0 Å². The van der Waals surface area contributed by atoms with E-state index in [2.05, 4.69) is 47.6 Å². The Kier molecular flexibility index (Phi) is 4.22. The first-order chi connectivity index (χ1) is 9.18. The Morgan fingerprint density at radius 2 is 1.25 bits per heavy atom. The fourth-order valence-electron chi connectivity index (χ4n) is 2.78. The minimum Gasteiger partial charge on any atom is -0.237 e. The molecule has 1 heterocycles. The standard InChI is InChI=1S/C18H30N2/c1-17(2,3)14-12-15(18(4,5)6)20-16(19-14)13-10-8-7-9-11-13/h12-13H,7-11H2,1-6H3. The minimum absolute atomic E-state index is 0.0896. The molecular formula is C18H30N2. The van der Waals surface area contributed by atoms with Crippen molar-refractivity contribution in [2.24, 2.45) is 0 Å². The molecule has 1 aliphatic carbocycles. The molecule has 1 aromatic rings. The van der Waals surface area contributed by atoms with Gasteiger partial charge in [-0.1, -0.05) is 60.8 Å². The summed E-state index contributed by atoms with van der Waals surface area (Å²) in [7, 11) is 0. The smallest absolute Gasteiger partial charge is 0.131 e. The lowest BCUT2D eigenvalue weighted by atomic mass is 9.84. The van der Waals surface area contributed by atoms with Crippen LogP contribution in [0.5, 0.6) is 0 Å². The van der Waals surface area contributed by atoms with Crippen LogP contribution >= 0.6 is 0 Å². The molecule has 0 bridgehead atoms. The van der Waals surface area contributed by atoms with Crippen LogP contribution in [-0.4, -0.2) is 9.97 Å². The first-order valence-electron chi connectivity index (χ1n) is 8.08. The van der Waals surface area contributed by atoms with E-state index in [1.54, 1.807) is 0 Å². The van der Waals surface area contributed by atoms with Crippen LogP contribution in [0.15, 0.2) is 6.07 Å². The van der Waals surface area contributed by atoms with Crippen molar-refractivity contribution in [1.82, 2.24) is 9.97 Å². The summed E-state index contributed by atoms with van der Waals surface area (Å²) >= 11 is 0. The number of hydrogen-bond acceptors (Lipinski definition) is 2. The maximum Gasteiger partial charge on any atom is 0.131 e. The predicted octanol–water partition coefficient (Wildman–Crippen LogP) is 5.12. The Hall–Kier alpha value is -0.920. The molecule has 0 amide bonds. The second-order valence-corrected chi connectivity index (χ2v) is 8.33. The minimum atomic E-state index is 0.0896. The Labute approximate surface area is 124 Å². The van der Waals surface area contributed by atoms with Gasteiger partial charge in [0.1, 0.15) is 5.82 Å². The number of nitrogens with zero attached hydrogens (tertiary/aromatic N) is 2. The monoisotopic (exact) mass is 274 g/mol. The zero-order valence-corrected chi connectivity index (χ0v) is 14.1. The van der Waals surface area contributed by atoms with E-state index in [4.69, 9.17) is 9.97 Å². The number of rotatable bonds is 1. The highest BCUT2D eigenvalue weighted by molar-refractivity contribution is 5.24. The molecule has 112 valence electrons. The van der Waals surface area contributed by atoms with Crippen LogP contribution < -0.4 is 0 Å². The molecule has 0 aromatic carbocycles. The largest absolute Gasteiger partial charge is 0.237 e. The molecule has 1 saturated carbocycles. The van der Waals surface area contributed by atoms with Gasteiger partial charge >= 0.3 is 0 Å². The van der Waals surface area contributed by atoms with Gasteiger partial charge in [0.15, 0.2) is 0 Å². The van der Waals surface area contributed by atoms with E-state index in [-0.39, 0.29) is 10.8 Å². The van der Waals surface area contributed by atoms with Gasteiger partial charge in [-0.25, -0.2) is 9.97 Å². The first kappa shape index (κ1) is 15.5. The van der Waals surface area contributed by atoms with Crippen LogP contribution in [-0.2, 0) is 10.8 Å². The molecule has 2 nitrogen and oxygen atoms in total. The molecule has 1 aromatic heterocycles. The van der Waals surface area contributed by atoms with Crippen molar-refractivity contribution in [1.29, 1.82) is 0 Å². The first-order valence-corrected chi connectivity index (χ1v) is 8.08. The number of aromatic nitrogens is 2. The highest BCUT2D eigenvalue weighted by Crippen LogP contribution is 2.33. The van der Waals surface area contributed by atoms with Crippen LogP contribution in [0.3, 0.4) is 0 Å². The lowest BCUT2D eigenvalue weighted by Gasteiger charge is -2.27. The summed E-state index contributed by atoms with van der Waals surface area (Å²) in [5, 5.41) is 0. The second kappa shape index (κ2) is 5.46. The van der Waals surface area contributed by atoms with E-state index >= 15 is 0 Å². The summed E-state index contributed by atoms with van der Waals surface area (Å²) in [6.07, 6.45) is 6.56. The molecule has 2 rings (SSSR count). The van der Waals surface area contributed by atoms with Gasteiger partial charge in [-0.05, 0) is 18.9 Å². The molecule has 0 spiro atoms. The van der Waals surface area contributed by atoms with Gasteiger partial charge in [0.05, 0.1) is 0 Å². The molecule has 0 saturated heterocycles. The third kappa shape index (κ3) is 3.59. The quantitative estimate of drug-likeness (QED) is 0.710. The van der Waals surface area contributed by atoms with Crippen molar-refractivity contribution < 1.29 is 0 Å². The normalized spacial score (nSPS) is 18.3. The summed E-state index contributed by atoms with van der Waals surface area (Å²) in [4.78, 5) is 9.86. The van der Waals surface area contributed by atoms with E-state index in [0.717, 1.165) is 5.82 Å². The van der Waals surface area contributed by atoms with Crippen LogP contribution in [0, 0.1) is 0 Å². The van der Waals surface area contributed by atoms with E-state index in [1.807, 2.05) is 0 Å². The fourth-order valence-corrected chi connectivity index (χ4v) is 2.78. The SMILES string of the molecule is CC(C)(C)c1cc(C(C)(C)C)nc(C2CCCCC2)n1. The Morgan fingerprint density at radius 3 is 1.65 bits per heavy atom. The van der Waals surface area contributed by atoms with Crippen molar-refractivity contribution in [2.45, 2.75) is 90.4 Å². The molecular weight excluding hydrogens is 244 g/mol. The predicted molar refractivity (Wildman–Crippen MR) is 85.3 cm³/mol. The number of hydrogen-bond donors (Lipinski definition) is 0. The average molecular weight is 274 g/mol. The van der Waals surface area contributed by atoms with E-state index < -0.39 is 0 Å². The molecule has 20 heavy (non-hydrogen) atoms. The van der Waals surface area contributed by atoms with Crippen LogP contribution in [0.1, 0.15) is 96.8 Å². The highest BCUT2D eigenvalue weighted by atomic mass is 14.9. The molecule has 2 heteroatoms. The van der Waals surface area contributed by atoms with Crippen LogP contribution in [0.2, 0.25) is 0 Å². The maximum absolute atomic E-state index is 4.93. The van der Waals surface area contributed by atoms with Gasteiger partial charge < -0.3 is 0 Å². The summed E-state index contributed by atoms with van der Waals surface area (Å²) < 4.78 is 0. The highest BCUT2D eigenvalue weighted by Gasteiger charge is 2.26. The van der Waals surface area contributed by atoms with Crippen molar-refractivity contribution in [2.75, 3.05) is 0 Å². The Morgan fingerprint density at radius 1 is 0.800 bits per heavy atom. The summed E-state index contributed by atoms with van der Waals surface area (Å²) in [6, 6.07) is 2.21. The van der Waals surface area contributed by atoms with E-state index in [1.165, 1.54) is 43.5 Å². The van der Waals surface area contributed by atoms with Gasteiger partial charge in [-0.2, -0.15) is 0 Å². The molecule has 0 unspecified atom stereocenters. The summed E-state index contributed by atoms with van der Waals surface area (Å²) in [5.41, 5.74) is 2.56. The molecule has 0 atom stereocenters. The second-order valence-electron chi connectivity index (χ2n) is 8.33. The fraction of sp³-hybridized carbons (Fsp3) is 0.778. The molecule has 1 fully saturated rings. The van der Waals surface area contributed by atoms with Crippen LogP contribution in [0.25, 0.3) is 0 Å². The van der Waals surface area contributed by atoms with Gasteiger partial charge in [0, 0.05) is 28.1 Å². The topological polar surface area (TPSA) is 25.8 Å². The van der Waals surface area contributed by atoms with Crippen LogP contribution in [0.4, 0.5) is 0 Å². The van der Waals surface area contributed by atoms with Gasteiger partial charge in [0.25, 0.3) is 0 Å². The molecule has 1 aliphatic rings. The Balaban J connectivity index is 2.45. The van der Waals surface area contributed by atoms with Gasteiger partial charge in [-0.15, -0.1) is 0 Å². The molecule has 0 N–H and O–H groups in total.